The maximum Gasteiger partial charge on any atom is 0.0713 e. The number of anilines is 1. The molecule has 2 aromatic carbocycles. The number of halogens is 1. The molecule has 0 amide bonds. The molecule has 0 aliphatic carbocycles. The smallest absolute Gasteiger partial charge is 0.0713 e. The molecule has 1 N–H and O–H groups in total. The van der Waals surface area contributed by atoms with Gasteiger partial charge in [0.25, 0.3) is 0 Å². The van der Waals surface area contributed by atoms with Gasteiger partial charge in [-0.25, -0.2) is 0 Å². The van der Waals surface area contributed by atoms with Crippen molar-refractivity contribution in [2.75, 3.05) is 37.6 Å². The third-order valence-electron chi connectivity index (χ3n) is 5.17. The second-order valence-corrected chi connectivity index (χ2v) is 7.09. The first-order valence-electron chi connectivity index (χ1n) is 8.87. The van der Waals surface area contributed by atoms with E-state index in [0.29, 0.717) is 0 Å². The standard InChI is InChI=1S/C20H23ClN4/c1-15-17(21)6-4-8-20(15)25-13-11-24(12-14-25)10-9-19-16-5-2-3-7-18(16)22-23-19/h2-8H,9-14H2,1H3,(H,22,23). The van der Waals surface area contributed by atoms with Crippen molar-refractivity contribution in [1.82, 2.24) is 15.1 Å². The molecule has 1 fully saturated rings. The molecule has 1 saturated heterocycles. The Hall–Kier alpha value is -2.04. The quantitative estimate of drug-likeness (QED) is 0.772. The second kappa shape index (κ2) is 7.06. The van der Waals surface area contributed by atoms with Crippen molar-refractivity contribution in [2.45, 2.75) is 13.3 Å². The van der Waals surface area contributed by atoms with Gasteiger partial charge in [0.15, 0.2) is 0 Å². The Labute approximate surface area is 153 Å². The van der Waals surface area contributed by atoms with Crippen LogP contribution in [0.4, 0.5) is 5.69 Å². The number of nitrogens with one attached hydrogen (secondary N) is 1. The Bertz CT molecular complexity index is 865. The van der Waals surface area contributed by atoms with Gasteiger partial charge in [0.1, 0.15) is 0 Å². The van der Waals surface area contributed by atoms with Crippen molar-refractivity contribution in [3.8, 4) is 0 Å². The third kappa shape index (κ3) is 3.37. The fourth-order valence-corrected chi connectivity index (χ4v) is 3.80. The van der Waals surface area contributed by atoms with Crippen molar-refractivity contribution < 1.29 is 0 Å². The van der Waals surface area contributed by atoms with E-state index in [2.05, 4.69) is 51.2 Å². The molecular formula is C20H23ClN4. The van der Waals surface area contributed by atoms with Crippen LogP contribution in [0.2, 0.25) is 5.02 Å². The van der Waals surface area contributed by atoms with E-state index in [4.69, 9.17) is 11.6 Å². The van der Waals surface area contributed by atoms with Gasteiger partial charge in [-0.3, -0.25) is 10.00 Å². The van der Waals surface area contributed by atoms with Crippen LogP contribution in [0, 0.1) is 6.92 Å². The molecule has 1 aliphatic heterocycles. The molecule has 0 bridgehead atoms. The molecule has 0 atom stereocenters. The number of aromatic nitrogens is 2. The molecule has 4 rings (SSSR count). The number of benzene rings is 2. The molecule has 4 nitrogen and oxygen atoms in total. The molecule has 130 valence electrons. The molecule has 2 heterocycles. The van der Waals surface area contributed by atoms with Crippen LogP contribution in [0.3, 0.4) is 0 Å². The molecular weight excluding hydrogens is 332 g/mol. The normalized spacial score (nSPS) is 15.8. The number of para-hydroxylation sites is 1. The maximum atomic E-state index is 6.27. The minimum atomic E-state index is 0.852. The average Bonchev–Trinajstić information content (AvgIpc) is 3.06. The van der Waals surface area contributed by atoms with Gasteiger partial charge < -0.3 is 4.90 Å². The number of rotatable bonds is 4. The summed E-state index contributed by atoms with van der Waals surface area (Å²) in [4.78, 5) is 4.97. The first-order chi connectivity index (χ1) is 12.2. The van der Waals surface area contributed by atoms with E-state index in [1.54, 1.807) is 0 Å². The van der Waals surface area contributed by atoms with E-state index < -0.39 is 0 Å². The van der Waals surface area contributed by atoms with Gasteiger partial charge in [0.05, 0.1) is 11.2 Å². The van der Waals surface area contributed by atoms with Crippen LogP contribution in [0.15, 0.2) is 42.5 Å². The first-order valence-corrected chi connectivity index (χ1v) is 9.24. The van der Waals surface area contributed by atoms with Gasteiger partial charge in [-0.15, -0.1) is 0 Å². The Balaban J connectivity index is 1.35. The fourth-order valence-electron chi connectivity index (χ4n) is 3.63. The monoisotopic (exact) mass is 354 g/mol. The lowest BCUT2D eigenvalue weighted by Gasteiger charge is -2.36. The highest BCUT2D eigenvalue weighted by Gasteiger charge is 2.19. The summed E-state index contributed by atoms with van der Waals surface area (Å²) >= 11 is 6.27. The zero-order valence-corrected chi connectivity index (χ0v) is 15.3. The zero-order valence-electron chi connectivity index (χ0n) is 14.5. The molecule has 0 spiro atoms. The Morgan fingerprint density at radius 2 is 1.84 bits per heavy atom. The second-order valence-electron chi connectivity index (χ2n) is 6.68. The lowest BCUT2D eigenvalue weighted by atomic mass is 10.1. The summed E-state index contributed by atoms with van der Waals surface area (Å²) in [6.45, 7) is 7.40. The van der Waals surface area contributed by atoms with Crippen molar-refractivity contribution in [1.29, 1.82) is 0 Å². The molecule has 0 saturated carbocycles. The van der Waals surface area contributed by atoms with Crippen LogP contribution in [0.1, 0.15) is 11.3 Å². The van der Waals surface area contributed by atoms with E-state index in [1.807, 2.05) is 18.2 Å². The largest absolute Gasteiger partial charge is 0.369 e. The average molecular weight is 355 g/mol. The van der Waals surface area contributed by atoms with Crippen LogP contribution in [-0.4, -0.2) is 47.8 Å². The minimum Gasteiger partial charge on any atom is -0.369 e. The van der Waals surface area contributed by atoms with Crippen LogP contribution < -0.4 is 4.90 Å². The Morgan fingerprint density at radius 3 is 2.68 bits per heavy atom. The number of aromatic amines is 1. The highest BCUT2D eigenvalue weighted by Crippen LogP contribution is 2.27. The number of H-pyrrole nitrogens is 1. The first kappa shape index (κ1) is 16.4. The highest BCUT2D eigenvalue weighted by molar-refractivity contribution is 6.31. The van der Waals surface area contributed by atoms with E-state index in [1.165, 1.54) is 22.3 Å². The molecule has 1 aromatic heterocycles. The molecule has 25 heavy (non-hydrogen) atoms. The molecule has 5 heteroatoms. The number of hydrogen-bond acceptors (Lipinski definition) is 3. The lowest BCUT2D eigenvalue weighted by molar-refractivity contribution is 0.260. The van der Waals surface area contributed by atoms with Gasteiger partial charge in [-0.1, -0.05) is 35.9 Å². The number of nitrogens with zero attached hydrogens (tertiary/aromatic N) is 3. The summed E-state index contributed by atoms with van der Waals surface area (Å²) in [6, 6.07) is 14.5. The van der Waals surface area contributed by atoms with Gasteiger partial charge in [0.2, 0.25) is 0 Å². The van der Waals surface area contributed by atoms with Crippen LogP contribution in [0.25, 0.3) is 10.9 Å². The van der Waals surface area contributed by atoms with Crippen LogP contribution in [-0.2, 0) is 6.42 Å². The summed E-state index contributed by atoms with van der Waals surface area (Å²) in [5.41, 5.74) is 4.74. The number of piperazine rings is 1. The highest BCUT2D eigenvalue weighted by atomic mass is 35.5. The summed E-state index contributed by atoms with van der Waals surface area (Å²) in [5.74, 6) is 0. The summed E-state index contributed by atoms with van der Waals surface area (Å²) in [6.07, 6.45) is 0.986. The summed E-state index contributed by atoms with van der Waals surface area (Å²) < 4.78 is 0. The molecule has 0 unspecified atom stereocenters. The SMILES string of the molecule is Cc1c(Cl)cccc1N1CCN(CCc2n[nH]c3ccccc23)CC1. The van der Waals surface area contributed by atoms with Crippen LogP contribution in [0.5, 0.6) is 0 Å². The predicted octanol–water partition coefficient (Wildman–Crippen LogP) is 3.89. The van der Waals surface area contributed by atoms with E-state index >= 15 is 0 Å². The van der Waals surface area contributed by atoms with Gasteiger partial charge in [-0.05, 0) is 30.7 Å². The van der Waals surface area contributed by atoms with Crippen molar-refractivity contribution in [3.63, 3.8) is 0 Å². The van der Waals surface area contributed by atoms with E-state index in [0.717, 1.165) is 49.7 Å². The van der Waals surface area contributed by atoms with Gasteiger partial charge in [-0.2, -0.15) is 5.10 Å². The summed E-state index contributed by atoms with van der Waals surface area (Å²) in [5, 5.41) is 9.71. The zero-order chi connectivity index (χ0) is 17.2. The van der Waals surface area contributed by atoms with E-state index in [-0.39, 0.29) is 0 Å². The Kier molecular flexibility index (Phi) is 4.64. The molecule has 1 aliphatic rings. The van der Waals surface area contributed by atoms with Crippen LogP contribution >= 0.6 is 11.6 Å². The van der Waals surface area contributed by atoms with Gasteiger partial charge >= 0.3 is 0 Å². The Morgan fingerprint density at radius 1 is 1.04 bits per heavy atom. The van der Waals surface area contributed by atoms with Gasteiger partial charge in [0, 0.05) is 55.2 Å². The van der Waals surface area contributed by atoms with E-state index in [9.17, 15) is 0 Å². The summed E-state index contributed by atoms with van der Waals surface area (Å²) in [7, 11) is 0. The van der Waals surface area contributed by atoms with Crippen molar-refractivity contribution >= 4 is 28.2 Å². The molecule has 0 radical (unpaired) electrons. The maximum absolute atomic E-state index is 6.27. The number of hydrogen-bond donors (Lipinski definition) is 1. The number of fused-ring (bicyclic) bond motifs is 1. The minimum absolute atomic E-state index is 0.852. The third-order valence-corrected chi connectivity index (χ3v) is 5.58. The lowest BCUT2D eigenvalue weighted by Crippen LogP contribution is -2.47. The van der Waals surface area contributed by atoms with Crippen molar-refractivity contribution in [2.24, 2.45) is 0 Å². The molecule has 3 aromatic rings. The topological polar surface area (TPSA) is 35.2 Å². The van der Waals surface area contributed by atoms with Crippen molar-refractivity contribution in [3.05, 3.63) is 58.7 Å². The fraction of sp³-hybridized carbons (Fsp3) is 0.350. The predicted molar refractivity (Wildman–Crippen MR) is 105 cm³/mol.